The van der Waals surface area contributed by atoms with Gasteiger partial charge in [0, 0.05) is 28.4 Å². The number of halogens is 1. The van der Waals surface area contributed by atoms with Crippen molar-refractivity contribution < 1.29 is 18.7 Å². The van der Waals surface area contributed by atoms with Crippen molar-refractivity contribution in [2.45, 2.75) is 26.0 Å². The van der Waals surface area contributed by atoms with Gasteiger partial charge in [0.15, 0.2) is 6.10 Å². The van der Waals surface area contributed by atoms with Gasteiger partial charge in [-0.15, -0.1) is 0 Å². The van der Waals surface area contributed by atoms with Crippen molar-refractivity contribution in [2.75, 3.05) is 10.2 Å². The van der Waals surface area contributed by atoms with Crippen LogP contribution in [0.25, 0.3) is 10.9 Å². The number of fused-ring (bicyclic) bond motifs is 2. The molecule has 0 bridgehead atoms. The van der Waals surface area contributed by atoms with Crippen LogP contribution in [0.4, 0.5) is 15.8 Å². The second-order valence-electron chi connectivity index (χ2n) is 8.04. The van der Waals surface area contributed by atoms with Crippen LogP contribution in [0.15, 0.2) is 72.9 Å². The van der Waals surface area contributed by atoms with Crippen molar-refractivity contribution in [1.82, 2.24) is 4.98 Å². The monoisotopic (exact) mass is 443 g/mol. The standard InChI is InChI=1S/C26H22FN3O3/c1-16-26(32)30(15-17-6-2-4-8-21(17)27)23-13-19(10-11-24(23)33-16)29-25(31)12-18-14-28-22-9-5-3-7-20(18)22/h2-11,13-14,16,28H,12,15H2,1H3,(H,29,31). The van der Waals surface area contributed by atoms with Gasteiger partial charge in [-0.05, 0) is 42.8 Å². The number of aromatic nitrogens is 1. The topological polar surface area (TPSA) is 74.4 Å². The first kappa shape index (κ1) is 20.8. The quantitative estimate of drug-likeness (QED) is 0.465. The van der Waals surface area contributed by atoms with E-state index in [-0.39, 0.29) is 30.6 Å². The van der Waals surface area contributed by atoms with Crippen LogP contribution in [-0.4, -0.2) is 22.9 Å². The molecule has 2 amide bonds. The molecule has 1 aliphatic heterocycles. The van der Waals surface area contributed by atoms with E-state index in [0.29, 0.717) is 22.7 Å². The molecule has 2 N–H and O–H groups in total. The fourth-order valence-corrected chi connectivity index (χ4v) is 4.10. The number of H-pyrrole nitrogens is 1. The van der Waals surface area contributed by atoms with Gasteiger partial charge in [-0.3, -0.25) is 9.59 Å². The molecule has 7 heteroatoms. The lowest BCUT2D eigenvalue weighted by Gasteiger charge is -2.33. The lowest BCUT2D eigenvalue weighted by atomic mass is 10.1. The zero-order valence-corrected chi connectivity index (χ0v) is 18.0. The summed E-state index contributed by atoms with van der Waals surface area (Å²) in [6, 6.07) is 19.3. The van der Waals surface area contributed by atoms with Gasteiger partial charge in [0.25, 0.3) is 5.91 Å². The number of aromatic amines is 1. The predicted molar refractivity (Wildman–Crippen MR) is 125 cm³/mol. The number of para-hydroxylation sites is 1. The van der Waals surface area contributed by atoms with E-state index in [1.807, 2.05) is 30.5 Å². The maximum absolute atomic E-state index is 14.3. The summed E-state index contributed by atoms with van der Waals surface area (Å²) in [5.74, 6) is -0.327. The average Bonchev–Trinajstić information content (AvgIpc) is 3.21. The zero-order chi connectivity index (χ0) is 22.9. The van der Waals surface area contributed by atoms with Crippen LogP contribution in [0.2, 0.25) is 0 Å². The van der Waals surface area contributed by atoms with E-state index < -0.39 is 6.10 Å². The number of ether oxygens (including phenoxy) is 1. The third-order valence-electron chi connectivity index (χ3n) is 5.76. The van der Waals surface area contributed by atoms with Gasteiger partial charge in [-0.25, -0.2) is 4.39 Å². The van der Waals surface area contributed by atoms with Gasteiger partial charge in [0.05, 0.1) is 18.7 Å². The Morgan fingerprint density at radius 3 is 2.73 bits per heavy atom. The van der Waals surface area contributed by atoms with E-state index in [2.05, 4.69) is 10.3 Å². The molecule has 5 rings (SSSR count). The van der Waals surface area contributed by atoms with E-state index in [1.54, 1.807) is 43.3 Å². The average molecular weight is 443 g/mol. The molecule has 0 saturated carbocycles. The molecule has 33 heavy (non-hydrogen) atoms. The van der Waals surface area contributed by atoms with E-state index >= 15 is 0 Å². The van der Waals surface area contributed by atoms with Crippen LogP contribution in [0.5, 0.6) is 5.75 Å². The van der Waals surface area contributed by atoms with E-state index in [9.17, 15) is 14.0 Å². The Morgan fingerprint density at radius 1 is 1.09 bits per heavy atom. The predicted octanol–water partition coefficient (Wildman–Crippen LogP) is 4.80. The molecule has 2 heterocycles. The number of carbonyl (C=O) groups excluding carboxylic acids is 2. The number of rotatable bonds is 5. The zero-order valence-electron chi connectivity index (χ0n) is 18.0. The fraction of sp³-hybridized carbons (Fsp3) is 0.154. The molecule has 1 aliphatic rings. The lowest BCUT2D eigenvalue weighted by Crippen LogP contribution is -2.44. The number of nitrogens with zero attached hydrogens (tertiary/aromatic N) is 1. The number of benzene rings is 3. The maximum atomic E-state index is 14.3. The van der Waals surface area contributed by atoms with Crippen molar-refractivity contribution in [2.24, 2.45) is 0 Å². The molecule has 166 valence electrons. The van der Waals surface area contributed by atoms with Gasteiger partial charge in [0.1, 0.15) is 11.6 Å². The molecule has 1 aromatic heterocycles. The van der Waals surface area contributed by atoms with Gasteiger partial charge < -0.3 is 19.9 Å². The molecule has 0 aliphatic carbocycles. The molecule has 0 saturated heterocycles. The Labute approximate surface area is 190 Å². The number of anilines is 2. The first-order valence-electron chi connectivity index (χ1n) is 10.7. The van der Waals surface area contributed by atoms with E-state index in [0.717, 1.165) is 16.5 Å². The van der Waals surface area contributed by atoms with Gasteiger partial charge >= 0.3 is 0 Å². The van der Waals surface area contributed by atoms with Crippen LogP contribution in [0.3, 0.4) is 0 Å². The fourth-order valence-electron chi connectivity index (χ4n) is 4.10. The first-order valence-corrected chi connectivity index (χ1v) is 10.7. The summed E-state index contributed by atoms with van der Waals surface area (Å²) in [6.07, 6.45) is 1.35. The maximum Gasteiger partial charge on any atom is 0.268 e. The third-order valence-corrected chi connectivity index (χ3v) is 5.76. The van der Waals surface area contributed by atoms with Gasteiger partial charge in [-0.2, -0.15) is 0 Å². The molecule has 3 aromatic carbocycles. The first-order chi connectivity index (χ1) is 16.0. The molecule has 0 fully saturated rings. The molecule has 1 unspecified atom stereocenters. The van der Waals surface area contributed by atoms with E-state index in [4.69, 9.17) is 4.74 Å². The highest BCUT2D eigenvalue weighted by Gasteiger charge is 2.32. The molecule has 6 nitrogen and oxygen atoms in total. The Morgan fingerprint density at radius 2 is 1.88 bits per heavy atom. The summed E-state index contributed by atoms with van der Waals surface area (Å²) in [4.78, 5) is 30.3. The minimum absolute atomic E-state index is 0.0684. The second-order valence-corrected chi connectivity index (χ2v) is 8.04. The summed E-state index contributed by atoms with van der Waals surface area (Å²) >= 11 is 0. The van der Waals surface area contributed by atoms with Crippen LogP contribution in [-0.2, 0) is 22.6 Å². The van der Waals surface area contributed by atoms with Gasteiger partial charge in [-0.1, -0.05) is 36.4 Å². The molecule has 4 aromatic rings. The number of amides is 2. The molecule has 1 atom stereocenters. The Bertz CT molecular complexity index is 1360. The summed E-state index contributed by atoms with van der Waals surface area (Å²) < 4.78 is 20.0. The smallest absolute Gasteiger partial charge is 0.268 e. The van der Waals surface area contributed by atoms with Gasteiger partial charge in [0.2, 0.25) is 5.91 Å². The molecular weight excluding hydrogens is 421 g/mol. The Kier molecular flexibility index (Phi) is 5.30. The second kappa shape index (κ2) is 8.43. The van der Waals surface area contributed by atoms with Crippen molar-refractivity contribution in [1.29, 1.82) is 0 Å². The van der Waals surface area contributed by atoms with Crippen molar-refractivity contribution in [3.8, 4) is 5.75 Å². The minimum atomic E-state index is -0.688. The third kappa shape index (κ3) is 4.05. The summed E-state index contributed by atoms with van der Waals surface area (Å²) in [5, 5.41) is 3.90. The highest BCUT2D eigenvalue weighted by molar-refractivity contribution is 6.01. The lowest BCUT2D eigenvalue weighted by molar-refractivity contribution is -0.125. The number of nitrogens with one attached hydrogen (secondary N) is 2. The van der Waals surface area contributed by atoms with Crippen LogP contribution in [0, 0.1) is 5.82 Å². The number of hydrogen-bond donors (Lipinski definition) is 2. The van der Waals surface area contributed by atoms with Crippen molar-refractivity contribution >= 4 is 34.1 Å². The summed E-state index contributed by atoms with van der Waals surface area (Å²) in [5.41, 5.74) is 3.30. The SMILES string of the molecule is CC1Oc2ccc(NC(=O)Cc3c[nH]c4ccccc34)cc2N(Cc2ccccc2F)C1=O. The van der Waals surface area contributed by atoms with Crippen molar-refractivity contribution in [3.05, 3.63) is 89.9 Å². The highest BCUT2D eigenvalue weighted by atomic mass is 19.1. The molecule has 0 radical (unpaired) electrons. The Balaban J connectivity index is 1.39. The largest absolute Gasteiger partial charge is 0.479 e. The van der Waals surface area contributed by atoms with Crippen molar-refractivity contribution in [3.63, 3.8) is 0 Å². The minimum Gasteiger partial charge on any atom is -0.479 e. The van der Waals surface area contributed by atoms with Crippen LogP contribution in [0.1, 0.15) is 18.1 Å². The summed E-state index contributed by atoms with van der Waals surface area (Å²) in [6.45, 7) is 1.73. The van der Waals surface area contributed by atoms with Crippen LogP contribution < -0.4 is 15.0 Å². The summed E-state index contributed by atoms with van der Waals surface area (Å²) in [7, 11) is 0. The number of carbonyl (C=O) groups is 2. The van der Waals surface area contributed by atoms with Crippen LogP contribution >= 0.6 is 0 Å². The van der Waals surface area contributed by atoms with E-state index in [1.165, 1.54) is 11.0 Å². The molecule has 0 spiro atoms. The normalized spacial score (nSPS) is 15.3. The Hall–Kier alpha value is -4.13. The molecular formula is C26H22FN3O3. The highest BCUT2D eigenvalue weighted by Crippen LogP contribution is 2.37. The number of hydrogen-bond acceptors (Lipinski definition) is 3.